The first kappa shape index (κ1) is 9.48. The Labute approximate surface area is 94.0 Å². The highest BCUT2D eigenvalue weighted by atomic mass is 16.5. The highest BCUT2D eigenvalue weighted by Crippen LogP contribution is 2.27. The second-order valence-electron chi connectivity index (χ2n) is 3.90. The average Bonchev–Trinajstić information content (AvgIpc) is 2.75. The Balaban J connectivity index is 1.91. The second kappa shape index (κ2) is 4.02. The summed E-state index contributed by atoms with van der Waals surface area (Å²) in [5.74, 6) is 0.957. The van der Waals surface area contributed by atoms with E-state index < -0.39 is 0 Å². The van der Waals surface area contributed by atoms with E-state index in [-0.39, 0.29) is 6.10 Å². The van der Waals surface area contributed by atoms with Crippen molar-refractivity contribution < 1.29 is 9.15 Å². The molecule has 0 aliphatic carbocycles. The summed E-state index contributed by atoms with van der Waals surface area (Å²) in [4.78, 5) is 0. The molecule has 0 saturated heterocycles. The van der Waals surface area contributed by atoms with Crippen molar-refractivity contribution in [1.29, 1.82) is 0 Å². The van der Waals surface area contributed by atoms with Crippen molar-refractivity contribution in [1.82, 2.24) is 5.32 Å². The van der Waals surface area contributed by atoms with Crippen LogP contribution in [-0.2, 0) is 6.54 Å². The van der Waals surface area contributed by atoms with E-state index in [1.807, 2.05) is 24.3 Å². The molecule has 0 fully saturated rings. The molecule has 0 spiro atoms. The van der Waals surface area contributed by atoms with Crippen molar-refractivity contribution in [3.05, 3.63) is 54.0 Å². The van der Waals surface area contributed by atoms with Crippen LogP contribution < -0.4 is 10.1 Å². The van der Waals surface area contributed by atoms with Crippen LogP contribution in [0.3, 0.4) is 0 Å². The van der Waals surface area contributed by atoms with E-state index in [1.165, 1.54) is 5.56 Å². The maximum Gasteiger partial charge on any atom is 0.139 e. The van der Waals surface area contributed by atoms with Gasteiger partial charge in [0.2, 0.25) is 0 Å². The molecule has 1 unspecified atom stereocenters. The molecular formula is C13H13NO2. The lowest BCUT2D eigenvalue weighted by molar-refractivity contribution is 0.209. The molecule has 1 N–H and O–H groups in total. The standard InChI is InChI=1S/C13H13NO2/c1-2-4-12-10(3-1)7-14-8-13(16-12)11-5-6-15-9-11/h1-6,9,13-14H,7-8H2. The summed E-state index contributed by atoms with van der Waals surface area (Å²) in [6, 6.07) is 10.1. The molecule has 16 heavy (non-hydrogen) atoms. The van der Waals surface area contributed by atoms with Crippen LogP contribution >= 0.6 is 0 Å². The normalized spacial score (nSPS) is 19.6. The first-order chi connectivity index (χ1) is 7.93. The van der Waals surface area contributed by atoms with E-state index in [4.69, 9.17) is 9.15 Å². The lowest BCUT2D eigenvalue weighted by Crippen LogP contribution is -2.20. The zero-order valence-corrected chi connectivity index (χ0v) is 8.85. The van der Waals surface area contributed by atoms with Crippen LogP contribution in [0, 0.1) is 0 Å². The average molecular weight is 215 g/mol. The minimum absolute atomic E-state index is 0.0300. The molecule has 0 radical (unpaired) electrons. The van der Waals surface area contributed by atoms with Crippen LogP contribution in [-0.4, -0.2) is 6.54 Å². The van der Waals surface area contributed by atoms with Crippen LogP contribution in [0.5, 0.6) is 5.75 Å². The van der Waals surface area contributed by atoms with Gasteiger partial charge >= 0.3 is 0 Å². The summed E-state index contributed by atoms with van der Waals surface area (Å²) in [7, 11) is 0. The Morgan fingerprint density at radius 3 is 3.00 bits per heavy atom. The molecule has 1 aromatic heterocycles. The van der Waals surface area contributed by atoms with Gasteiger partial charge in [-0.15, -0.1) is 0 Å². The number of benzene rings is 1. The summed E-state index contributed by atoms with van der Waals surface area (Å²) in [5, 5.41) is 3.38. The van der Waals surface area contributed by atoms with Gasteiger partial charge in [-0.05, 0) is 12.1 Å². The van der Waals surface area contributed by atoms with Crippen molar-refractivity contribution in [3.8, 4) is 5.75 Å². The highest BCUT2D eigenvalue weighted by molar-refractivity contribution is 5.34. The van der Waals surface area contributed by atoms with Gasteiger partial charge in [0, 0.05) is 24.2 Å². The fraction of sp³-hybridized carbons (Fsp3) is 0.231. The van der Waals surface area contributed by atoms with E-state index in [0.717, 1.165) is 24.4 Å². The molecule has 2 heterocycles. The topological polar surface area (TPSA) is 34.4 Å². The van der Waals surface area contributed by atoms with Gasteiger partial charge in [-0.1, -0.05) is 18.2 Å². The van der Waals surface area contributed by atoms with Crippen LogP contribution in [0.2, 0.25) is 0 Å². The third-order valence-electron chi connectivity index (χ3n) is 2.80. The number of hydrogen-bond acceptors (Lipinski definition) is 3. The quantitative estimate of drug-likeness (QED) is 0.793. The van der Waals surface area contributed by atoms with Crippen molar-refractivity contribution >= 4 is 0 Å². The van der Waals surface area contributed by atoms with E-state index in [0.29, 0.717) is 0 Å². The Hall–Kier alpha value is -1.74. The van der Waals surface area contributed by atoms with Crippen molar-refractivity contribution in [3.63, 3.8) is 0 Å². The summed E-state index contributed by atoms with van der Waals surface area (Å²) in [6.45, 7) is 1.65. The molecule has 0 bridgehead atoms. The smallest absolute Gasteiger partial charge is 0.139 e. The molecule has 1 atom stereocenters. The zero-order valence-electron chi connectivity index (χ0n) is 8.85. The Morgan fingerprint density at radius 2 is 2.12 bits per heavy atom. The molecule has 3 rings (SSSR count). The molecular weight excluding hydrogens is 202 g/mol. The predicted octanol–water partition coefficient (Wildman–Crippen LogP) is 2.50. The van der Waals surface area contributed by atoms with Crippen LogP contribution in [0.25, 0.3) is 0 Å². The summed E-state index contributed by atoms with van der Waals surface area (Å²) < 4.78 is 11.1. The maximum absolute atomic E-state index is 5.98. The summed E-state index contributed by atoms with van der Waals surface area (Å²) >= 11 is 0. The molecule has 1 aliphatic rings. The first-order valence-electron chi connectivity index (χ1n) is 5.41. The van der Waals surface area contributed by atoms with Crippen molar-refractivity contribution in [2.75, 3.05) is 6.54 Å². The minimum atomic E-state index is 0.0300. The van der Waals surface area contributed by atoms with Gasteiger partial charge in [-0.2, -0.15) is 0 Å². The second-order valence-corrected chi connectivity index (χ2v) is 3.90. The molecule has 3 heteroatoms. The van der Waals surface area contributed by atoms with Gasteiger partial charge in [-0.25, -0.2) is 0 Å². The van der Waals surface area contributed by atoms with Crippen LogP contribution in [0.4, 0.5) is 0 Å². The van der Waals surface area contributed by atoms with Crippen LogP contribution in [0.1, 0.15) is 17.2 Å². The van der Waals surface area contributed by atoms with Gasteiger partial charge in [0.05, 0.1) is 12.5 Å². The lowest BCUT2D eigenvalue weighted by Gasteiger charge is -2.15. The fourth-order valence-electron chi connectivity index (χ4n) is 1.94. The molecule has 82 valence electrons. The van der Waals surface area contributed by atoms with Crippen molar-refractivity contribution in [2.24, 2.45) is 0 Å². The van der Waals surface area contributed by atoms with Gasteiger partial charge in [0.1, 0.15) is 11.9 Å². The zero-order chi connectivity index (χ0) is 10.8. The lowest BCUT2D eigenvalue weighted by atomic mass is 10.2. The molecule has 3 nitrogen and oxygen atoms in total. The Bertz CT molecular complexity index is 465. The van der Waals surface area contributed by atoms with E-state index in [1.54, 1.807) is 12.5 Å². The predicted molar refractivity (Wildman–Crippen MR) is 60.2 cm³/mol. The number of fused-ring (bicyclic) bond motifs is 1. The van der Waals surface area contributed by atoms with Gasteiger partial charge < -0.3 is 14.5 Å². The number of furan rings is 1. The highest BCUT2D eigenvalue weighted by Gasteiger charge is 2.19. The molecule has 1 aromatic carbocycles. The summed E-state index contributed by atoms with van der Waals surface area (Å²) in [6.07, 6.45) is 3.44. The van der Waals surface area contributed by atoms with Gasteiger partial charge in [-0.3, -0.25) is 0 Å². The van der Waals surface area contributed by atoms with Crippen molar-refractivity contribution in [2.45, 2.75) is 12.6 Å². The first-order valence-corrected chi connectivity index (χ1v) is 5.41. The van der Waals surface area contributed by atoms with Gasteiger partial charge in [0.15, 0.2) is 0 Å². The summed E-state index contributed by atoms with van der Waals surface area (Å²) in [5.41, 5.74) is 2.28. The van der Waals surface area contributed by atoms with Crippen LogP contribution in [0.15, 0.2) is 47.3 Å². The number of nitrogens with one attached hydrogen (secondary N) is 1. The van der Waals surface area contributed by atoms with E-state index >= 15 is 0 Å². The number of rotatable bonds is 1. The number of para-hydroxylation sites is 1. The SMILES string of the molecule is c1ccc2c(c1)CNCC(c1ccoc1)O2. The molecule has 2 aromatic rings. The van der Waals surface area contributed by atoms with Gasteiger partial charge in [0.25, 0.3) is 0 Å². The largest absolute Gasteiger partial charge is 0.484 e. The van der Waals surface area contributed by atoms with E-state index in [9.17, 15) is 0 Å². The number of hydrogen-bond donors (Lipinski definition) is 1. The van der Waals surface area contributed by atoms with E-state index in [2.05, 4.69) is 11.4 Å². The monoisotopic (exact) mass is 215 g/mol. The third-order valence-corrected chi connectivity index (χ3v) is 2.80. The Kier molecular flexibility index (Phi) is 2.38. The fourth-order valence-corrected chi connectivity index (χ4v) is 1.94. The Morgan fingerprint density at radius 1 is 1.19 bits per heavy atom. The molecule has 0 saturated carbocycles. The molecule has 1 aliphatic heterocycles. The number of ether oxygens (including phenoxy) is 1. The maximum atomic E-state index is 5.98. The minimum Gasteiger partial charge on any atom is -0.484 e. The molecule has 0 amide bonds. The third kappa shape index (κ3) is 1.70.